The van der Waals surface area contributed by atoms with Gasteiger partial charge < -0.3 is 9.13 Å². The van der Waals surface area contributed by atoms with Crippen molar-refractivity contribution in [3.05, 3.63) is 148 Å². The summed E-state index contributed by atoms with van der Waals surface area (Å²) in [4.78, 5) is 0. The summed E-state index contributed by atoms with van der Waals surface area (Å²) in [5.74, 6) is 0.105. The number of hydrogen-bond donors (Lipinski definition) is 0. The fraction of sp³-hybridized carbons (Fsp3) is 0.217. The third-order valence-corrected chi connectivity index (χ3v) is 10.5. The normalized spacial score (nSPS) is 17.0. The lowest BCUT2D eigenvalue weighted by molar-refractivity contribution is 0.820. The molecule has 8 rings (SSSR count). The summed E-state index contributed by atoms with van der Waals surface area (Å²) in [6, 6.07) is 28.7. The molecule has 3 aliphatic carbocycles. The maximum Gasteiger partial charge on any atom is 0.0998 e. The fourth-order valence-electron chi connectivity index (χ4n) is 8.23. The molecule has 0 bridgehead atoms. The Morgan fingerprint density at radius 3 is 2.48 bits per heavy atom. The van der Waals surface area contributed by atoms with Gasteiger partial charge in [-0.15, -0.1) is 0 Å². The maximum absolute atomic E-state index is 10.6. The lowest BCUT2D eigenvalue weighted by Gasteiger charge is -2.24. The van der Waals surface area contributed by atoms with Crippen LogP contribution in [0.1, 0.15) is 90.6 Å². The van der Waals surface area contributed by atoms with Crippen LogP contribution in [0.4, 0.5) is 0 Å². The van der Waals surface area contributed by atoms with Crippen LogP contribution in [-0.2, 0) is 12.8 Å². The highest BCUT2D eigenvalue weighted by Gasteiger charge is 2.25. The summed E-state index contributed by atoms with van der Waals surface area (Å²) >= 11 is 0. The molecular formula is C46H40N4. The molecule has 4 nitrogen and oxygen atoms in total. The van der Waals surface area contributed by atoms with E-state index in [-0.39, 0.29) is 5.92 Å². The van der Waals surface area contributed by atoms with Crippen molar-refractivity contribution in [2.24, 2.45) is 0 Å². The van der Waals surface area contributed by atoms with Crippen LogP contribution in [0.5, 0.6) is 0 Å². The molecule has 3 aromatic carbocycles. The van der Waals surface area contributed by atoms with Crippen LogP contribution in [0.3, 0.4) is 0 Å². The largest absolute Gasteiger partial charge is 0.316 e. The first-order valence-corrected chi connectivity index (χ1v) is 18.0. The summed E-state index contributed by atoms with van der Waals surface area (Å²) in [7, 11) is 0. The monoisotopic (exact) mass is 648 g/mol. The molecule has 0 spiro atoms. The van der Waals surface area contributed by atoms with Gasteiger partial charge in [-0.2, -0.15) is 10.5 Å². The third-order valence-electron chi connectivity index (χ3n) is 10.5. The van der Waals surface area contributed by atoms with Crippen molar-refractivity contribution in [3.63, 3.8) is 0 Å². The Morgan fingerprint density at radius 1 is 0.880 bits per heavy atom. The van der Waals surface area contributed by atoms with Crippen molar-refractivity contribution in [2.75, 3.05) is 0 Å². The number of para-hydroxylation sites is 2. The van der Waals surface area contributed by atoms with Crippen LogP contribution < -0.4 is 0 Å². The number of nitriles is 2. The summed E-state index contributed by atoms with van der Waals surface area (Å²) in [6.45, 7) is 2.18. The van der Waals surface area contributed by atoms with E-state index >= 15 is 0 Å². The minimum atomic E-state index is 0.105. The van der Waals surface area contributed by atoms with Crippen LogP contribution in [0.15, 0.2) is 109 Å². The van der Waals surface area contributed by atoms with Crippen molar-refractivity contribution in [1.29, 1.82) is 10.5 Å². The molecule has 1 atom stereocenters. The van der Waals surface area contributed by atoms with E-state index < -0.39 is 0 Å². The van der Waals surface area contributed by atoms with Gasteiger partial charge in [-0.3, -0.25) is 0 Å². The van der Waals surface area contributed by atoms with Gasteiger partial charge in [-0.05, 0) is 68.4 Å². The summed E-state index contributed by atoms with van der Waals surface area (Å²) in [5, 5.41) is 23.0. The molecule has 0 N–H and O–H groups in total. The lowest BCUT2D eigenvalue weighted by atomic mass is 9.86. The topological polar surface area (TPSA) is 57.4 Å². The number of unbranched alkanes of at least 4 members (excludes halogenated alkanes) is 1. The number of aromatic nitrogens is 2. The number of nitrogens with zero attached hydrogens (tertiary/aromatic N) is 4. The summed E-state index contributed by atoms with van der Waals surface area (Å²) in [5.41, 5.74) is 13.6. The number of hydrogen-bond acceptors (Lipinski definition) is 2. The van der Waals surface area contributed by atoms with Crippen LogP contribution >= 0.6 is 0 Å². The van der Waals surface area contributed by atoms with Crippen molar-refractivity contribution < 1.29 is 0 Å². The Morgan fingerprint density at radius 2 is 1.66 bits per heavy atom. The van der Waals surface area contributed by atoms with E-state index in [2.05, 4.69) is 150 Å². The van der Waals surface area contributed by atoms with Gasteiger partial charge in [-0.25, -0.2) is 0 Å². The molecule has 2 aromatic heterocycles. The molecular weight excluding hydrogens is 609 g/mol. The predicted molar refractivity (Wildman–Crippen MR) is 208 cm³/mol. The number of allylic oxidation sites excluding steroid dienone is 10. The van der Waals surface area contributed by atoms with Crippen molar-refractivity contribution >= 4 is 50.9 Å². The molecule has 50 heavy (non-hydrogen) atoms. The van der Waals surface area contributed by atoms with E-state index in [1.54, 1.807) is 0 Å². The molecule has 0 saturated carbocycles. The Hall–Kier alpha value is -5.84. The molecule has 0 amide bonds. The van der Waals surface area contributed by atoms with Crippen LogP contribution in [0.25, 0.3) is 50.9 Å². The molecule has 0 radical (unpaired) electrons. The fourth-order valence-corrected chi connectivity index (χ4v) is 8.23. The van der Waals surface area contributed by atoms with Crippen LogP contribution in [0, 0.1) is 22.7 Å². The third kappa shape index (κ3) is 5.39. The number of rotatable bonds is 8. The van der Waals surface area contributed by atoms with E-state index in [9.17, 15) is 10.5 Å². The Labute approximate surface area is 294 Å². The average Bonchev–Trinajstić information content (AvgIpc) is 3.67. The molecule has 3 aliphatic rings. The van der Waals surface area contributed by atoms with Crippen molar-refractivity contribution in [3.8, 4) is 12.1 Å². The van der Waals surface area contributed by atoms with Gasteiger partial charge in [-0.1, -0.05) is 110 Å². The summed E-state index contributed by atoms with van der Waals surface area (Å²) < 4.78 is 4.80. The van der Waals surface area contributed by atoms with Gasteiger partial charge in [0.2, 0.25) is 0 Å². The van der Waals surface area contributed by atoms with Gasteiger partial charge in [0.25, 0.3) is 0 Å². The first kappa shape index (κ1) is 31.4. The lowest BCUT2D eigenvalue weighted by Crippen LogP contribution is -2.10. The molecule has 0 saturated heterocycles. The van der Waals surface area contributed by atoms with E-state index in [4.69, 9.17) is 0 Å². The minimum Gasteiger partial charge on any atom is -0.316 e. The Kier molecular flexibility index (Phi) is 8.54. The SMILES string of the molecule is CCC/C=C\c1c(CC#N)n(C2=CC=CC(c3ccc(C4=C(n5c6c(c7ccccc75)C=CCC6)CCC=C4)c(C#N)c3)C2)c2ccccc12. The second kappa shape index (κ2) is 13.6. The molecule has 4 heteroatoms. The van der Waals surface area contributed by atoms with E-state index in [0.29, 0.717) is 12.0 Å². The number of fused-ring (bicyclic) bond motifs is 4. The predicted octanol–water partition coefficient (Wildman–Crippen LogP) is 11.6. The van der Waals surface area contributed by atoms with E-state index in [1.165, 1.54) is 33.2 Å². The van der Waals surface area contributed by atoms with Gasteiger partial charge in [0, 0.05) is 61.7 Å². The first-order chi connectivity index (χ1) is 24.7. The van der Waals surface area contributed by atoms with Crippen molar-refractivity contribution in [2.45, 2.75) is 64.2 Å². The highest BCUT2D eigenvalue weighted by atomic mass is 15.0. The highest BCUT2D eigenvalue weighted by Crippen LogP contribution is 2.42. The highest BCUT2D eigenvalue weighted by molar-refractivity contribution is 6.00. The van der Waals surface area contributed by atoms with Crippen LogP contribution in [-0.4, -0.2) is 9.13 Å². The van der Waals surface area contributed by atoms with E-state index in [0.717, 1.165) is 84.1 Å². The standard InChI is InChI=1S/C46H40N4/c1-2-3-4-16-41-38-18-6-9-21-42(38)49(46(41)27-28-47)35-15-13-14-32(30-35)33-25-26-36(34(29-33)31-48)37-17-5-10-22-43(37)50-44-23-11-7-19-39(44)40-20-8-12-24-45(40)50/h4-9,11,13-21,23,25-26,29,32H,2-3,10,12,22,24,27,30H2,1H3/b16-4-. The number of benzene rings is 3. The molecule has 5 aromatic rings. The average molecular weight is 649 g/mol. The van der Waals surface area contributed by atoms with Gasteiger partial charge >= 0.3 is 0 Å². The zero-order valence-electron chi connectivity index (χ0n) is 28.6. The Balaban J connectivity index is 1.18. The van der Waals surface area contributed by atoms with Crippen LogP contribution in [0.2, 0.25) is 0 Å². The zero-order valence-corrected chi connectivity index (χ0v) is 28.6. The Bertz CT molecular complexity index is 2420. The van der Waals surface area contributed by atoms with E-state index in [1.807, 2.05) is 0 Å². The minimum absolute atomic E-state index is 0.105. The molecule has 244 valence electrons. The molecule has 0 aliphatic heterocycles. The van der Waals surface area contributed by atoms with Gasteiger partial charge in [0.05, 0.1) is 35.2 Å². The first-order valence-electron chi connectivity index (χ1n) is 18.0. The molecule has 2 heterocycles. The second-order valence-electron chi connectivity index (χ2n) is 13.5. The van der Waals surface area contributed by atoms with Gasteiger partial charge in [0.1, 0.15) is 0 Å². The maximum atomic E-state index is 10.6. The molecule has 0 fully saturated rings. The second-order valence-corrected chi connectivity index (χ2v) is 13.5. The summed E-state index contributed by atoms with van der Waals surface area (Å²) in [6.07, 6.45) is 27.2. The quantitative estimate of drug-likeness (QED) is 0.168. The van der Waals surface area contributed by atoms with Gasteiger partial charge in [0.15, 0.2) is 0 Å². The smallest absolute Gasteiger partial charge is 0.0998 e. The zero-order chi connectivity index (χ0) is 34.0. The van der Waals surface area contributed by atoms with Crippen molar-refractivity contribution in [1.82, 2.24) is 9.13 Å². The molecule has 1 unspecified atom stereocenters.